The predicted octanol–water partition coefficient (Wildman–Crippen LogP) is 2.03. The normalized spacial score (nSPS) is 15.0. The fourth-order valence-corrected chi connectivity index (χ4v) is 2.94. The first-order valence-electron chi connectivity index (χ1n) is 9.49. The summed E-state index contributed by atoms with van der Waals surface area (Å²) < 4.78 is 5.11. The van der Waals surface area contributed by atoms with Crippen molar-refractivity contribution in [2.45, 2.75) is 51.7 Å². The molecule has 1 fully saturated rings. The molecule has 1 heterocycles. The third kappa shape index (κ3) is 6.75. The molecule has 0 bridgehead atoms. The van der Waals surface area contributed by atoms with E-state index in [-0.39, 0.29) is 36.6 Å². The van der Waals surface area contributed by atoms with Gasteiger partial charge in [-0.05, 0) is 45.7 Å². The molecule has 0 aliphatic carbocycles. The van der Waals surface area contributed by atoms with Gasteiger partial charge in [0, 0.05) is 32.1 Å². The van der Waals surface area contributed by atoms with Gasteiger partial charge in [0.15, 0.2) is 0 Å². The van der Waals surface area contributed by atoms with E-state index in [2.05, 4.69) is 10.6 Å². The van der Waals surface area contributed by atoms with Crippen LogP contribution < -0.4 is 10.6 Å². The molecule has 1 aromatic rings. The zero-order valence-electron chi connectivity index (χ0n) is 16.7. The number of ether oxygens (including phenoxy) is 1. The van der Waals surface area contributed by atoms with Gasteiger partial charge in [-0.1, -0.05) is 12.1 Å². The number of nitrogens with one attached hydrogen (secondary N) is 2. The molecule has 0 atom stereocenters. The lowest BCUT2D eigenvalue weighted by Crippen LogP contribution is -2.47. The SMILES string of the molecule is CC(C)(C)OC(=O)NCCC(=O)NC1CCN(C(=O)c2ccccc2O)CC1. The second-order valence-corrected chi connectivity index (χ2v) is 7.83. The van der Waals surface area contributed by atoms with E-state index in [0.717, 1.165) is 0 Å². The Morgan fingerprint density at radius 1 is 1.18 bits per heavy atom. The van der Waals surface area contributed by atoms with Gasteiger partial charge in [0.2, 0.25) is 5.91 Å². The van der Waals surface area contributed by atoms with Crippen LogP contribution >= 0.6 is 0 Å². The summed E-state index contributed by atoms with van der Waals surface area (Å²) in [5.74, 6) is -0.383. The summed E-state index contributed by atoms with van der Waals surface area (Å²) in [7, 11) is 0. The average Bonchev–Trinajstić information content (AvgIpc) is 2.60. The van der Waals surface area contributed by atoms with Crippen molar-refractivity contribution in [3.63, 3.8) is 0 Å². The molecule has 3 N–H and O–H groups in total. The van der Waals surface area contributed by atoms with E-state index in [1.54, 1.807) is 43.9 Å². The van der Waals surface area contributed by atoms with Gasteiger partial charge in [-0.2, -0.15) is 0 Å². The third-order valence-corrected chi connectivity index (χ3v) is 4.30. The highest BCUT2D eigenvalue weighted by molar-refractivity contribution is 5.96. The molecule has 28 heavy (non-hydrogen) atoms. The third-order valence-electron chi connectivity index (χ3n) is 4.30. The van der Waals surface area contributed by atoms with E-state index in [1.165, 1.54) is 6.07 Å². The van der Waals surface area contributed by atoms with Crippen LogP contribution in [0.15, 0.2) is 24.3 Å². The highest BCUT2D eigenvalue weighted by atomic mass is 16.6. The number of carbonyl (C=O) groups excluding carboxylic acids is 3. The number of phenols is 1. The first-order valence-corrected chi connectivity index (χ1v) is 9.49. The van der Waals surface area contributed by atoms with Crippen molar-refractivity contribution in [1.82, 2.24) is 15.5 Å². The van der Waals surface area contributed by atoms with Gasteiger partial charge in [0.1, 0.15) is 11.4 Å². The number of nitrogens with zero attached hydrogens (tertiary/aromatic N) is 1. The molecule has 1 saturated heterocycles. The van der Waals surface area contributed by atoms with E-state index >= 15 is 0 Å². The molecule has 0 spiro atoms. The highest BCUT2D eigenvalue weighted by Crippen LogP contribution is 2.20. The van der Waals surface area contributed by atoms with Gasteiger partial charge < -0.3 is 25.4 Å². The standard InChI is InChI=1S/C20H29N3O5/c1-20(2,3)28-19(27)21-11-8-17(25)22-14-9-12-23(13-10-14)18(26)15-6-4-5-7-16(15)24/h4-7,14,24H,8-13H2,1-3H3,(H,21,27)(H,22,25). The summed E-state index contributed by atoms with van der Waals surface area (Å²) in [5, 5.41) is 15.3. The van der Waals surface area contributed by atoms with Crippen LogP contribution in [0.3, 0.4) is 0 Å². The molecule has 0 radical (unpaired) electrons. The topological polar surface area (TPSA) is 108 Å². The number of para-hydroxylation sites is 1. The maximum Gasteiger partial charge on any atom is 0.407 e. The molecule has 1 aliphatic rings. The molecule has 3 amide bonds. The van der Waals surface area contributed by atoms with Gasteiger partial charge in [-0.25, -0.2) is 4.79 Å². The Hall–Kier alpha value is -2.77. The van der Waals surface area contributed by atoms with Crippen LogP contribution in [-0.2, 0) is 9.53 Å². The summed E-state index contributed by atoms with van der Waals surface area (Å²) in [5.41, 5.74) is -0.285. The van der Waals surface area contributed by atoms with E-state index in [1.807, 2.05) is 0 Å². The van der Waals surface area contributed by atoms with Gasteiger partial charge in [-0.3, -0.25) is 9.59 Å². The van der Waals surface area contributed by atoms with E-state index < -0.39 is 11.7 Å². The van der Waals surface area contributed by atoms with Crippen LogP contribution in [0.2, 0.25) is 0 Å². The largest absolute Gasteiger partial charge is 0.507 e. The summed E-state index contributed by atoms with van der Waals surface area (Å²) in [6, 6.07) is 6.47. The summed E-state index contributed by atoms with van der Waals surface area (Å²) in [6.45, 7) is 6.54. The van der Waals surface area contributed by atoms with Crippen molar-refractivity contribution in [2.24, 2.45) is 0 Å². The number of likely N-dealkylation sites (tertiary alicyclic amines) is 1. The van der Waals surface area contributed by atoms with Crippen LogP contribution in [0.25, 0.3) is 0 Å². The first-order chi connectivity index (χ1) is 13.2. The molecular formula is C20H29N3O5. The molecule has 0 aromatic heterocycles. The quantitative estimate of drug-likeness (QED) is 0.712. The Kier molecular flexibility index (Phi) is 7.25. The van der Waals surface area contributed by atoms with E-state index in [9.17, 15) is 19.5 Å². The van der Waals surface area contributed by atoms with Crippen LogP contribution in [0.4, 0.5) is 4.79 Å². The Labute approximate surface area is 165 Å². The van der Waals surface area contributed by atoms with Crippen LogP contribution in [0.5, 0.6) is 5.75 Å². The summed E-state index contributed by atoms with van der Waals surface area (Å²) >= 11 is 0. The van der Waals surface area contributed by atoms with Crippen molar-refractivity contribution < 1.29 is 24.2 Å². The Balaban J connectivity index is 1.69. The zero-order chi connectivity index (χ0) is 20.7. The Morgan fingerprint density at radius 2 is 1.82 bits per heavy atom. The van der Waals surface area contributed by atoms with E-state index in [0.29, 0.717) is 31.5 Å². The van der Waals surface area contributed by atoms with Gasteiger partial charge in [0.05, 0.1) is 5.56 Å². The molecule has 1 aromatic carbocycles. The first kappa shape index (κ1) is 21.5. The fourth-order valence-electron chi connectivity index (χ4n) is 2.94. The number of piperidine rings is 1. The number of alkyl carbamates (subject to hydrolysis) is 1. The Bertz CT molecular complexity index is 706. The molecule has 0 unspecified atom stereocenters. The van der Waals surface area contributed by atoms with Crippen LogP contribution in [0.1, 0.15) is 50.4 Å². The van der Waals surface area contributed by atoms with Crippen molar-refractivity contribution in [1.29, 1.82) is 0 Å². The molecule has 2 rings (SSSR count). The van der Waals surface area contributed by atoms with E-state index in [4.69, 9.17) is 4.74 Å². The molecule has 154 valence electrons. The second-order valence-electron chi connectivity index (χ2n) is 7.83. The molecule has 8 nitrogen and oxygen atoms in total. The number of rotatable bonds is 5. The van der Waals surface area contributed by atoms with Crippen molar-refractivity contribution in [3.05, 3.63) is 29.8 Å². The number of amides is 3. The molecular weight excluding hydrogens is 362 g/mol. The van der Waals surface area contributed by atoms with Crippen molar-refractivity contribution >= 4 is 17.9 Å². The monoisotopic (exact) mass is 391 g/mol. The van der Waals surface area contributed by atoms with Gasteiger partial charge >= 0.3 is 6.09 Å². The minimum atomic E-state index is -0.575. The Morgan fingerprint density at radius 3 is 2.43 bits per heavy atom. The van der Waals surface area contributed by atoms with Gasteiger partial charge in [-0.15, -0.1) is 0 Å². The minimum Gasteiger partial charge on any atom is -0.507 e. The lowest BCUT2D eigenvalue weighted by atomic mass is 10.0. The van der Waals surface area contributed by atoms with Crippen LogP contribution in [-0.4, -0.2) is 59.2 Å². The number of carbonyl (C=O) groups is 3. The molecule has 1 aliphatic heterocycles. The lowest BCUT2D eigenvalue weighted by molar-refractivity contribution is -0.121. The maximum absolute atomic E-state index is 12.5. The highest BCUT2D eigenvalue weighted by Gasteiger charge is 2.25. The number of hydrogen-bond acceptors (Lipinski definition) is 5. The fraction of sp³-hybridized carbons (Fsp3) is 0.550. The van der Waals surface area contributed by atoms with Crippen molar-refractivity contribution in [2.75, 3.05) is 19.6 Å². The number of hydrogen-bond donors (Lipinski definition) is 3. The summed E-state index contributed by atoms with van der Waals surface area (Å²) in [4.78, 5) is 37.8. The van der Waals surface area contributed by atoms with Crippen molar-refractivity contribution in [3.8, 4) is 5.75 Å². The van der Waals surface area contributed by atoms with Gasteiger partial charge in [0.25, 0.3) is 5.91 Å². The molecule has 0 saturated carbocycles. The minimum absolute atomic E-state index is 0.0116. The number of aromatic hydroxyl groups is 1. The average molecular weight is 391 g/mol. The predicted molar refractivity (Wildman–Crippen MR) is 104 cm³/mol. The second kappa shape index (κ2) is 9.43. The zero-order valence-corrected chi connectivity index (χ0v) is 16.7. The lowest BCUT2D eigenvalue weighted by Gasteiger charge is -2.32. The van der Waals surface area contributed by atoms with Crippen LogP contribution in [0, 0.1) is 0 Å². The smallest absolute Gasteiger partial charge is 0.407 e. The summed E-state index contributed by atoms with van der Waals surface area (Å²) in [6.07, 6.45) is 0.905. The molecule has 8 heteroatoms. The number of phenolic OH excluding ortho intramolecular Hbond substituents is 1. The maximum atomic E-state index is 12.5. The number of benzene rings is 1.